The van der Waals surface area contributed by atoms with Gasteiger partial charge in [-0.25, -0.2) is 0 Å². The minimum absolute atomic E-state index is 0.0537. The van der Waals surface area contributed by atoms with Gasteiger partial charge in [0.25, 0.3) is 11.5 Å². The first-order valence-electron chi connectivity index (χ1n) is 12.6. The molecule has 1 unspecified atom stereocenters. The first kappa shape index (κ1) is 28.9. The number of thioether (sulfide) groups is 1. The number of anilines is 1. The lowest BCUT2D eigenvalue weighted by molar-refractivity contribution is -0.148. The number of nitriles is 1. The van der Waals surface area contributed by atoms with Crippen LogP contribution in [0, 0.1) is 24.2 Å². The van der Waals surface area contributed by atoms with E-state index in [0.29, 0.717) is 84.8 Å². The smallest absolute Gasteiger partial charge is 0.310 e. The molecule has 0 radical (unpaired) electrons. The zero-order valence-electron chi connectivity index (χ0n) is 21.9. The highest BCUT2D eigenvalue weighted by Crippen LogP contribution is 2.37. The Kier molecular flexibility index (Phi) is 10.3. The van der Waals surface area contributed by atoms with E-state index < -0.39 is 0 Å². The van der Waals surface area contributed by atoms with Crippen LogP contribution in [-0.2, 0) is 25.6 Å². The van der Waals surface area contributed by atoms with Crippen LogP contribution in [-0.4, -0.2) is 65.6 Å². The van der Waals surface area contributed by atoms with Crippen molar-refractivity contribution in [3.05, 3.63) is 31.9 Å². The normalized spacial score (nSPS) is 19.0. The lowest BCUT2D eigenvalue weighted by Gasteiger charge is -2.36. The summed E-state index contributed by atoms with van der Waals surface area (Å²) in [6.07, 6.45) is 4.54. The maximum absolute atomic E-state index is 13.4. The summed E-state index contributed by atoms with van der Waals surface area (Å²) < 4.78 is 12.5. The van der Waals surface area contributed by atoms with Gasteiger partial charge in [0.1, 0.15) is 21.8 Å². The Morgan fingerprint density at radius 1 is 1.30 bits per heavy atom. The quantitative estimate of drug-likeness (QED) is 0.189. The summed E-state index contributed by atoms with van der Waals surface area (Å²) in [5, 5.41) is 9.84. The third kappa shape index (κ3) is 6.25. The highest BCUT2D eigenvalue weighted by atomic mass is 32.2. The number of esters is 1. The van der Waals surface area contributed by atoms with Crippen molar-refractivity contribution >= 4 is 52.1 Å². The molecule has 3 heterocycles. The third-order valence-electron chi connectivity index (χ3n) is 6.51. The number of hydrogen-bond acceptors (Lipinski definition) is 9. The second kappa shape index (κ2) is 13.2. The molecule has 1 amide bonds. The fourth-order valence-corrected chi connectivity index (χ4v) is 6.02. The highest BCUT2D eigenvalue weighted by Gasteiger charge is 2.34. The lowest BCUT2D eigenvalue weighted by atomic mass is 9.96. The molecule has 37 heavy (non-hydrogen) atoms. The van der Waals surface area contributed by atoms with Gasteiger partial charge in [0.2, 0.25) is 0 Å². The molecule has 2 aliphatic heterocycles. The Hall–Kier alpha value is -2.68. The van der Waals surface area contributed by atoms with Crippen molar-refractivity contribution in [1.29, 1.82) is 5.26 Å². The van der Waals surface area contributed by atoms with Crippen LogP contribution in [0.2, 0.25) is 0 Å². The van der Waals surface area contributed by atoms with E-state index in [9.17, 15) is 19.6 Å². The molecule has 1 aromatic heterocycles. The minimum Gasteiger partial charge on any atom is -0.466 e. The summed E-state index contributed by atoms with van der Waals surface area (Å²) in [5.74, 6) is -0.143. The van der Waals surface area contributed by atoms with Crippen LogP contribution in [0.25, 0.3) is 6.08 Å². The molecule has 0 saturated carbocycles. The number of amides is 1. The first-order valence-corrected chi connectivity index (χ1v) is 13.8. The van der Waals surface area contributed by atoms with Gasteiger partial charge >= 0.3 is 5.97 Å². The van der Waals surface area contributed by atoms with Gasteiger partial charge in [-0.15, -0.1) is 0 Å². The molecule has 0 aromatic carbocycles. The maximum Gasteiger partial charge on any atom is 0.310 e. The number of thiocarbonyl (C=S) groups is 1. The van der Waals surface area contributed by atoms with E-state index in [-0.39, 0.29) is 28.9 Å². The summed E-state index contributed by atoms with van der Waals surface area (Å²) in [4.78, 5) is 43.2. The number of rotatable bonds is 10. The van der Waals surface area contributed by atoms with Crippen molar-refractivity contribution in [3.63, 3.8) is 0 Å². The molecular formula is C26H34N4O5S2. The summed E-state index contributed by atoms with van der Waals surface area (Å²) in [6, 6.07) is 2.07. The molecular weight excluding hydrogens is 512 g/mol. The van der Waals surface area contributed by atoms with Gasteiger partial charge in [-0.2, -0.15) is 5.26 Å². The Labute approximate surface area is 227 Å². The van der Waals surface area contributed by atoms with E-state index in [4.69, 9.17) is 21.7 Å². The number of pyridine rings is 1. The van der Waals surface area contributed by atoms with Crippen molar-refractivity contribution in [1.82, 2.24) is 9.47 Å². The van der Waals surface area contributed by atoms with Gasteiger partial charge in [-0.3, -0.25) is 23.9 Å². The minimum atomic E-state index is -0.362. The summed E-state index contributed by atoms with van der Waals surface area (Å²) in [6.45, 7) is 8.20. The van der Waals surface area contributed by atoms with E-state index in [1.807, 2.05) is 11.8 Å². The van der Waals surface area contributed by atoms with E-state index in [1.165, 1.54) is 11.8 Å². The van der Waals surface area contributed by atoms with Crippen LogP contribution < -0.4 is 10.5 Å². The van der Waals surface area contributed by atoms with Crippen molar-refractivity contribution in [2.75, 3.05) is 44.9 Å². The fourth-order valence-electron chi connectivity index (χ4n) is 4.73. The molecule has 9 nitrogen and oxygen atoms in total. The summed E-state index contributed by atoms with van der Waals surface area (Å²) in [7, 11) is 1.61. The van der Waals surface area contributed by atoms with Crippen molar-refractivity contribution in [2.45, 2.75) is 53.0 Å². The predicted molar refractivity (Wildman–Crippen MR) is 148 cm³/mol. The van der Waals surface area contributed by atoms with Crippen LogP contribution in [0.5, 0.6) is 0 Å². The van der Waals surface area contributed by atoms with E-state index in [0.717, 1.165) is 6.42 Å². The van der Waals surface area contributed by atoms with Gasteiger partial charge in [0.05, 0.1) is 17.4 Å². The molecule has 0 spiro atoms. The monoisotopic (exact) mass is 546 g/mol. The molecule has 0 bridgehead atoms. The van der Waals surface area contributed by atoms with E-state index in [1.54, 1.807) is 36.5 Å². The average molecular weight is 547 g/mol. The summed E-state index contributed by atoms with van der Waals surface area (Å²) in [5.41, 5.74) is 0.835. The second-order valence-electron chi connectivity index (χ2n) is 9.02. The molecule has 11 heteroatoms. The molecule has 2 fully saturated rings. The lowest BCUT2D eigenvalue weighted by Crippen LogP contribution is -2.43. The number of hydrogen-bond donors (Lipinski definition) is 0. The van der Waals surface area contributed by atoms with Gasteiger partial charge < -0.3 is 14.4 Å². The molecule has 0 N–H and O–H groups in total. The van der Waals surface area contributed by atoms with Crippen molar-refractivity contribution in [2.24, 2.45) is 5.92 Å². The van der Waals surface area contributed by atoms with Crippen molar-refractivity contribution < 1.29 is 19.1 Å². The molecule has 1 atom stereocenters. The Morgan fingerprint density at radius 2 is 2.05 bits per heavy atom. The molecule has 3 rings (SSSR count). The van der Waals surface area contributed by atoms with Crippen LogP contribution in [0.3, 0.4) is 0 Å². The predicted octanol–water partition coefficient (Wildman–Crippen LogP) is 3.46. The van der Waals surface area contributed by atoms with Gasteiger partial charge in [-0.1, -0.05) is 30.9 Å². The maximum atomic E-state index is 13.4. The largest absolute Gasteiger partial charge is 0.466 e. The highest BCUT2D eigenvalue weighted by molar-refractivity contribution is 8.26. The molecule has 2 aliphatic rings. The van der Waals surface area contributed by atoms with Crippen LogP contribution in [0.1, 0.15) is 56.2 Å². The van der Waals surface area contributed by atoms with E-state index >= 15 is 0 Å². The Bertz CT molecular complexity index is 1190. The van der Waals surface area contributed by atoms with Crippen LogP contribution in [0.15, 0.2) is 9.70 Å². The molecule has 2 saturated heterocycles. The number of carbonyl (C=O) groups is 2. The zero-order chi connectivity index (χ0) is 27.1. The number of nitrogens with zero attached hydrogens (tertiary/aromatic N) is 4. The fraction of sp³-hybridized carbons (Fsp3) is 0.577. The number of aromatic nitrogens is 1. The third-order valence-corrected chi connectivity index (χ3v) is 7.89. The van der Waals surface area contributed by atoms with Gasteiger partial charge in [-0.05, 0) is 51.2 Å². The molecule has 200 valence electrons. The standard InChI is InChI=1S/C26H34N4O5S2/c1-5-10-29-22(28-11-7-9-18(16-28)25(33)35-6-2)19(17(3)20(15-27)23(29)31)14-21-24(32)30(26(36)37-21)12-8-13-34-4/h14,18H,5-13,16H2,1-4H3. The topological polar surface area (TPSA) is 105 Å². The number of piperidine rings is 1. The van der Waals surface area contributed by atoms with Gasteiger partial charge in [0, 0.05) is 45.5 Å². The van der Waals surface area contributed by atoms with Crippen molar-refractivity contribution in [3.8, 4) is 6.07 Å². The SMILES string of the molecule is CCCn1c(N2CCCC(C(=O)OCC)C2)c(C=C2SC(=S)N(CCCOC)C2=O)c(C)c(C#N)c1=O. The van der Waals surface area contributed by atoms with Crippen LogP contribution in [0.4, 0.5) is 5.82 Å². The second-order valence-corrected chi connectivity index (χ2v) is 10.7. The Morgan fingerprint density at radius 3 is 2.70 bits per heavy atom. The number of methoxy groups -OCH3 is 1. The van der Waals surface area contributed by atoms with Crippen LogP contribution >= 0.6 is 24.0 Å². The molecule has 0 aliphatic carbocycles. The zero-order valence-corrected chi connectivity index (χ0v) is 23.5. The molecule has 1 aromatic rings. The number of carbonyl (C=O) groups excluding carboxylic acids is 2. The Balaban J connectivity index is 2.14. The average Bonchev–Trinajstić information content (AvgIpc) is 3.15. The first-order chi connectivity index (χ1) is 17.8. The van der Waals surface area contributed by atoms with Gasteiger partial charge in [0.15, 0.2) is 0 Å². The number of ether oxygens (including phenoxy) is 2. The summed E-state index contributed by atoms with van der Waals surface area (Å²) >= 11 is 6.69. The van der Waals surface area contributed by atoms with E-state index in [2.05, 4.69) is 6.07 Å².